The van der Waals surface area contributed by atoms with Gasteiger partial charge in [0.1, 0.15) is 5.76 Å². The smallest absolute Gasteiger partial charge is 0.274 e. The zero-order chi connectivity index (χ0) is 13.0. The van der Waals surface area contributed by atoms with Crippen molar-refractivity contribution in [3.8, 4) is 0 Å². The Labute approximate surface area is 105 Å². The van der Waals surface area contributed by atoms with Crippen LogP contribution in [0.4, 0.5) is 0 Å². The summed E-state index contributed by atoms with van der Waals surface area (Å²) in [6, 6.07) is 9.47. The van der Waals surface area contributed by atoms with Crippen molar-refractivity contribution in [3.63, 3.8) is 0 Å². The van der Waals surface area contributed by atoms with Gasteiger partial charge in [0.15, 0.2) is 0 Å². The Balaban J connectivity index is 1.98. The van der Waals surface area contributed by atoms with Gasteiger partial charge < -0.3 is 4.42 Å². The molecule has 0 unspecified atom stereocenters. The number of furan rings is 1. The summed E-state index contributed by atoms with van der Waals surface area (Å²) < 4.78 is 5.05. The minimum Gasteiger partial charge on any atom is -0.469 e. The van der Waals surface area contributed by atoms with Crippen LogP contribution in [0.5, 0.6) is 0 Å². The van der Waals surface area contributed by atoms with E-state index in [0.717, 1.165) is 5.56 Å². The normalized spacial score (nSPS) is 10.8. The molecule has 0 aliphatic heterocycles. The summed E-state index contributed by atoms with van der Waals surface area (Å²) in [5.74, 6) is 0.308. The first kappa shape index (κ1) is 12.1. The number of amides is 1. The standard InChI is InChI=1S/C14H14N2O2/c1-10-3-5-12(6-4-10)9-15-16-14(17)13-7-8-18-11(13)2/h3-9H,1-2H3,(H,16,17). The first-order valence-corrected chi connectivity index (χ1v) is 5.61. The molecule has 0 spiro atoms. The summed E-state index contributed by atoms with van der Waals surface area (Å²) in [7, 11) is 0. The Morgan fingerprint density at radius 1 is 1.22 bits per heavy atom. The Bertz CT molecular complexity index is 568. The van der Waals surface area contributed by atoms with Gasteiger partial charge in [0.25, 0.3) is 5.91 Å². The van der Waals surface area contributed by atoms with E-state index in [1.54, 1.807) is 19.2 Å². The fourth-order valence-corrected chi connectivity index (χ4v) is 1.50. The third-order valence-corrected chi connectivity index (χ3v) is 2.56. The molecular formula is C14H14N2O2. The summed E-state index contributed by atoms with van der Waals surface area (Å²) in [6.07, 6.45) is 3.08. The molecule has 0 bridgehead atoms. The molecule has 0 saturated carbocycles. The number of hydrazone groups is 1. The van der Waals surface area contributed by atoms with Gasteiger partial charge in [0.2, 0.25) is 0 Å². The van der Waals surface area contributed by atoms with E-state index in [4.69, 9.17) is 4.42 Å². The van der Waals surface area contributed by atoms with Crippen molar-refractivity contribution in [1.29, 1.82) is 0 Å². The Kier molecular flexibility index (Phi) is 3.57. The van der Waals surface area contributed by atoms with Crippen LogP contribution in [0.3, 0.4) is 0 Å². The third kappa shape index (κ3) is 2.85. The maximum atomic E-state index is 11.7. The average molecular weight is 242 g/mol. The molecule has 1 heterocycles. The van der Waals surface area contributed by atoms with Crippen LogP contribution in [0, 0.1) is 13.8 Å². The molecule has 1 aromatic heterocycles. The predicted octanol–water partition coefficient (Wildman–Crippen LogP) is 2.66. The molecule has 0 saturated heterocycles. The predicted molar refractivity (Wildman–Crippen MR) is 69.7 cm³/mol. The number of carbonyl (C=O) groups excluding carboxylic acids is 1. The number of hydrogen-bond donors (Lipinski definition) is 1. The number of nitrogens with zero attached hydrogens (tertiary/aromatic N) is 1. The highest BCUT2D eigenvalue weighted by atomic mass is 16.3. The zero-order valence-corrected chi connectivity index (χ0v) is 10.3. The van der Waals surface area contributed by atoms with Crippen LogP contribution >= 0.6 is 0 Å². The lowest BCUT2D eigenvalue weighted by Gasteiger charge is -1.97. The molecule has 2 aromatic rings. The number of hydrogen-bond acceptors (Lipinski definition) is 3. The van der Waals surface area contributed by atoms with Crippen molar-refractivity contribution < 1.29 is 9.21 Å². The summed E-state index contributed by atoms with van der Waals surface area (Å²) in [5, 5.41) is 3.90. The van der Waals surface area contributed by atoms with Crippen LogP contribution in [0.2, 0.25) is 0 Å². The van der Waals surface area contributed by atoms with Gasteiger partial charge in [-0.25, -0.2) is 5.43 Å². The molecule has 0 fully saturated rings. The quantitative estimate of drug-likeness (QED) is 0.664. The minimum atomic E-state index is -0.274. The first-order chi connectivity index (χ1) is 8.66. The Morgan fingerprint density at radius 2 is 1.94 bits per heavy atom. The molecular weight excluding hydrogens is 228 g/mol. The van der Waals surface area contributed by atoms with Gasteiger partial charge in [0, 0.05) is 0 Å². The first-order valence-electron chi connectivity index (χ1n) is 5.61. The second kappa shape index (κ2) is 5.31. The molecule has 2 rings (SSSR count). The molecule has 4 heteroatoms. The maximum Gasteiger partial charge on any atom is 0.274 e. The van der Waals surface area contributed by atoms with E-state index in [1.807, 2.05) is 31.2 Å². The summed E-state index contributed by atoms with van der Waals surface area (Å²) in [5.41, 5.74) is 5.08. The van der Waals surface area contributed by atoms with Gasteiger partial charge in [-0.2, -0.15) is 5.10 Å². The van der Waals surface area contributed by atoms with Crippen LogP contribution in [0.15, 0.2) is 46.1 Å². The number of aryl methyl sites for hydroxylation is 2. The van der Waals surface area contributed by atoms with Crippen LogP contribution < -0.4 is 5.43 Å². The van der Waals surface area contributed by atoms with E-state index in [1.165, 1.54) is 11.8 Å². The largest absolute Gasteiger partial charge is 0.469 e. The summed E-state index contributed by atoms with van der Waals surface area (Å²) in [4.78, 5) is 11.7. The lowest BCUT2D eigenvalue weighted by atomic mass is 10.2. The van der Waals surface area contributed by atoms with E-state index in [9.17, 15) is 4.79 Å². The molecule has 1 amide bonds. The number of rotatable bonds is 3. The summed E-state index contributed by atoms with van der Waals surface area (Å²) >= 11 is 0. The fraction of sp³-hybridized carbons (Fsp3) is 0.143. The second-order valence-corrected chi connectivity index (χ2v) is 4.00. The molecule has 0 aliphatic carbocycles. The van der Waals surface area contributed by atoms with Crippen LogP contribution in [0.1, 0.15) is 27.2 Å². The molecule has 92 valence electrons. The average Bonchev–Trinajstić information content (AvgIpc) is 2.78. The van der Waals surface area contributed by atoms with Gasteiger partial charge in [-0.05, 0) is 25.5 Å². The van der Waals surface area contributed by atoms with E-state index in [2.05, 4.69) is 10.5 Å². The van der Waals surface area contributed by atoms with Crippen LogP contribution in [0.25, 0.3) is 0 Å². The van der Waals surface area contributed by atoms with Crippen molar-refractivity contribution in [2.24, 2.45) is 5.10 Å². The monoisotopic (exact) mass is 242 g/mol. The van der Waals surface area contributed by atoms with E-state index >= 15 is 0 Å². The molecule has 0 atom stereocenters. The highest BCUT2D eigenvalue weighted by Gasteiger charge is 2.09. The van der Waals surface area contributed by atoms with Crippen LogP contribution in [-0.2, 0) is 0 Å². The topological polar surface area (TPSA) is 54.6 Å². The molecule has 1 aromatic carbocycles. The molecule has 0 aliphatic rings. The van der Waals surface area contributed by atoms with E-state index < -0.39 is 0 Å². The molecule has 1 N–H and O–H groups in total. The van der Waals surface area contributed by atoms with Gasteiger partial charge >= 0.3 is 0 Å². The zero-order valence-electron chi connectivity index (χ0n) is 10.3. The number of benzene rings is 1. The number of carbonyl (C=O) groups is 1. The SMILES string of the molecule is Cc1ccc(C=NNC(=O)c2ccoc2C)cc1. The third-order valence-electron chi connectivity index (χ3n) is 2.56. The van der Waals surface area contributed by atoms with Gasteiger partial charge in [-0.3, -0.25) is 4.79 Å². The second-order valence-electron chi connectivity index (χ2n) is 4.00. The number of nitrogens with one attached hydrogen (secondary N) is 1. The Hall–Kier alpha value is -2.36. The van der Waals surface area contributed by atoms with E-state index in [-0.39, 0.29) is 5.91 Å². The highest BCUT2D eigenvalue weighted by Crippen LogP contribution is 2.07. The van der Waals surface area contributed by atoms with Crippen LogP contribution in [-0.4, -0.2) is 12.1 Å². The van der Waals surface area contributed by atoms with Gasteiger partial charge in [-0.1, -0.05) is 29.8 Å². The minimum absolute atomic E-state index is 0.274. The molecule has 4 nitrogen and oxygen atoms in total. The maximum absolute atomic E-state index is 11.7. The van der Waals surface area contributed by atoms with E-state index in [0.29, 0.717) is 11.3 Å². The fourth-order valence-electron chi connectivity index (χ4n) is 1.50. The van der Waals surface area contributed by atoms with Crippen molar-refractivity contribution in [3.05, 3.63) is 59.0 Å². The molecule has 0 radical (unpaired) electrons. The lowest BCUT2D eigenvalue weighted by molar-refractivity contribution is 0.0953. The molecule has 18 heavy (non-hydrogen) atoms. The lowest BCUT2D eigenvalue weighted by Crippen LogP contribution is -2.17. The van der Waals surface area contributed by atoms with Gasteiger partial charge in [-0.15, -0.1) is 0 Å². The summed E-state index contributed by atoms with van der Waals surface area (Å²) in [6.45, 7) is 3.75. The van der Waals surface area contributed by atoms with Crippen molar-refractivity contribution >= 4 is 12.1 Å². The van der Waals surface area contributed by atoms with Crippen molar-refractivity contribution in [2.45, 2.75) is 13.8 Å². The Morgan fingerprint density at radius 3 is 2.56 bits per heavy atom. The van der Waals surface area contributed by atoms with Crippen molar-refractivity contribution in [1.82, 2.24) is 5.43 Å². The van der Waals surface area contributed by atoms with Gasteiger partial charge in [0.05, 0.1) is 18.0 Å². The van der Waals surface area contributed by atoms with Crippen molar-refractivity contribution in [2.75, 3.05) is 0 Å². The highest BCUT2D eigenvalue weighted by molar-refractivity contribution is 5.95.